The molecule has 0 aromatic rings. The van der Waals surface area contributed by atoms with Gasteiger partial charge in [-0.3, -0.25) is 9.59 Å². The van der Waals surface area contributed by atoms with Crippen LogP contribution < -0.4 is 5.32 Å². The standard InChI is InChI=1S/C10H9NO2/c1-2-6-5-7-8(12)3-4-9(13)10(7)11-6/h2-4,6,11H,1,5H2. The Morgan fingerprint density at radius 1 is 1.38 bits per heavy atom. The topological polar surface area (TPSA) is 46.2 Å². The highest BCUT2D eigenvalue weighted by Gasteiger charge is 2.30. The lowest BCUT2D eigenvalue weighted by molar-refractivity contribution is -0.115. The van der Waals surface area contributed by atoms with Crippen LogP contribution in [-0.4, -0.2) is 17.6 Å². The second kappa shape index (κ2) is 2.69. The summed E-state index contributed by atoms with van der Waals surface area (Å²) in [4.78, 5) is 22.6. The molecule has 1 N–H and O–H groups in total. The molecule has 1 unspecified atom stereocenters. The Morgan fingerprint density at radius 2 is 2.08 bits per heavy atom. The van der Waals surface area contributed by atoms with E-state index in [1.54, 1.807) is 6.08 Å². The summed E-state index contributed by atoms with van der Waals surface area (Å²) in [6.07, 6.45) is 4.92. The predicted octanol–water partition coefficient (Wildman–Crippen LogP) is 0.496. The molecule has 0 bridgehead atoms. The van der Waals surface area contributed by atoms with E-state index >= 15 is 0 Å². The van der Waals surface area contributed by atoms with E-state index in [2.05, 4.69) is 11.9 Å². The average Bonchev–Trinajstić information content (AvgIpc) is 2.56. The predicted molar refractivity (Wildman–Crippen MR) is 47.9 cm³/mol. The van der Waals surface area contributed by atoms with Crippen LogP contribution >= 0.6 is 0 Å². The fourth-order valence-electron chi connectivity index (χ4n) is 1.57. The lowest BCUT2D eigenvalue weighted by Gasteiger charge is -2.06. The number of hydrogen-bond acceptors (Lipinski definition) is 3. The zero-order valence-electron chi connectivity index (χ0n) is 7.04. The van der Waals surface area contributed by atoms with Crippen LogP contribution in [0.4, 0.5) is 0 Å². The van der Waals surface area contributed by atoms with Crippen molar-refractivity contribution in [2.24, 2.45) is 0 Å². The zero-order valence-corrected chi connectivity index (χ0v) is 7.04. The Kier molecular flexibility index (Phi) is 1.65. The van der Waals surface area contributed by atoms with Gasteiger partial charge in [0, 0.05) is 18.0 Å². The van der Waals surface area contributed by atoms with Crippen LogP contribution in [0.2, 0.25) is 0 Å². The third-order valence-electron chi connectivity index (χ3n) is 2.27. The van der Waals surface area contributed by atoms with Gasteiger partial charge in [-0.15, -0.1) is 6.58 Å². The molecule has 0 fully saturated rings. The lowest BCUT2D eigenvalue weighted by atomic mass is 9.99. The highest BCUT2D eigenvalue weighted by atomic mass is 16.1. The van der Waals surface area contributed by atoms with Gasteiger partial charge in [-0.05, 0) is 12.2 Å². The maximum absolute atomic E-state index is 11.3. The van der Waals surface area contributed by atoms with Crippen LogP contribution in [0.25, 0.3) is 0 Å². The van der Waals surface area contributed by atoms with Crippen molar-refractivity contribution in [3.8, 4) is 0 Å². The van der Waals surface area contributed by atoms with Gasteiger partial charge < -0.3 is 5.32 Å². The van der Waals surface area contributed by atoms with Crippen molar-refractivity contribution in [1.82, 2.24) is 5.32 Å². The van der Waals surface area contributed by atoms with Gasteiger partial charge in [0.15, 0.2) is 5.78 Å². The third-order valence-corrected chi connectivity index (χ3v) is 2.27. The molecule has 66 valence electrons. The van der Waals surface area contributed by atoms with E-state index in [0.29, 0.717) is 17.7 Å². The summed E-state index contributed by atoms with van der Waals surface area (Å²) in [7, 11) is 0. The molecule has 1 atom stereocenters. The quantitative estimate of drug-likeness (QED) is 0.466. The number of hydrogen-bond donors (Lipinski definition) is 1. The smallest absolute Gasteiger partial charge is 0.202 e. The van der Waals surface area contributed by atoms with Crippen LogP contribution in [0.15, 0.2) is 36.1 Å². The minimum absolute atomic E-state index is 0.0257. The van der Waals surface area contributed by atoms with Crippen molar-refractivity contribution in [2.45, 2.75) is 12.5 Å². The van der Waals surface area contributed by atoms with Gasteiger partial charge in [0.2, 0.25) is 5.78 Å². The van der Waals surface area contributed by atoms with Crippen LogP contribution in [0.5, 0.6) is 0 Å². The van der Waals surface area contributed by atoms with Crippen LogP contribution in [-0.2, 0) is 9.59 Å². The maximum Gasteiger partial charge on any atom is 0.202 e. The fraction of sp³-hybridized carbons (Fsp3) is 0.200. The first kappa shape index (κ1) is 7.98. The first-order chi connectivity index (χ1) is 6.22. The maximum atomic E-state index is 11.3. The summed E-state index contributed by atoms with van der Waals surface area (Å²) in [5.41, 5.74) is 1.05. The molecular formula is C10H9NO2. The second-order valence-corrected chi connectivity index (χ2v) is 3.11. The molecule has 13 heavy (non-hydrogen) atoms. The normalized spacial score (nSPS) is 26.0. The molecule has 0 aromatic carbocycles. The van der Waals surface area contributed by atoms with E-state index in [9.17, 15) is 9.59 Å². The zero-order chi connectivity index (χ0) is 9.42. The summed E-state index contributed by atoms with van der Waals surface area (Å²) in [5, 5.41) is 2.96. The molecule has 2 rings (SSSR count). The van der Waals surface area contributed by atoms with Crippen molar-refractivity contribution < 1.29 is 9.59 Å². The summed E-state index contributed by atoms with van der Waals surface area (Å²) in [6.45, 7) is 3.62. The van der Waals surface area contributed by atoms with E-state index in [4.69, 9.17) is 0 Å². The van der Waals surface area contributed by atoms with Gasteiger partial charge in [0.25, 0.3) is 0 Å². The molecule has 3 nitrogen and oxygen atoms in total. The summed E-state index contributed by atoms with van der Waals surface area (Å²) >= 11 is 0. The average molecular weight is 175 g/mol. The third kappa shape index (κ3) is 1.13. The minimum atomic E-state index is -0.112. The Morgan fingerprint density at radius 3 is 2.69 bits per heavy atom. The monoisotopic (exact) mass is 175 g/mol. The summed E-state index contributed by atoms with van der Waals surface area (Å²) in [5.74, 6) is -0.176. The van der Waals surface area contributed by atoms with Gasteiger partial charge in [0.05, 0.1) is 5.70 Å². The largest absolute Gasteiger partial charge is 0.375 e. The molecular weight excluding hydrogens is 166 g/mol. The molecule has 0 amide bonds. The molecule has 0 aromatic heterocycles. The Bertz CT molecular complexity index is 333. The van der Waals surface area contributed by atoms with Crippen LogP contribution in [0.1, 0.15) is 6.42 Å². The molecule has 1 heterocycles. The number of rotatable bonds is 1. The fourth-order valence-corrected chi connectivity index (χ4v) is 1.57. The molecule has 3 heteroatoms. The van der Waals surface area contributed by atoms with E-state index < -0.39 is 0 Å². The first-order valence-electron chi connectivity index (χ1n) is 4.11. The van der Waals surface area contributed by atoms with E-state index in [-0.39, 0.29) is 17.6 Å². The molecule has 0 saturated heterocycles. The number of carbonyl (C=O) groups excluding carboxylic acids is 2. The Balaban J connectivity index is 2.35. The highest BCUT2D eigenvalue weighted by molar-refractivity contribution is 6.20. The molecule has 2 aliphatic rings. The van der Waals surface area contributed by atoms with Gasteiger partial charge in [-0.2, -0.15) is 0 Å². The molecule has 1 aliphatic carbocycles. The van der Waals surface area contributed by atoms with Gasteiger partial charge in [0.1, 0.15) is 0 Å². The summed E-state index contributed by atoms with van der Waals surface area (Å²) in [6, 6.07) is 0.0257. The number of carbonyl (C=O) groups is 2. The number of nitrogens with one attached hydrogen (secondary N) is 1. The van der Waals surface area contributed by atoms with Gasteiger partial charge >= 0.3 is 0 Å². The lowest BCUT2D eigenvalue weighted by Crippen LogP contribution is -2.24. The van der Waals surface area contributed by atoms with Gasteiger partial charge in [-0.25, -0.2) is 0 Å². The number of allylic oxidation sites excluding steroid dienone is 2. The van der Waals surface area contributed by atoms with Crippen molar-refractivity contribution >= 4 is 11.6 Å². The van der Waals surface area contributed by atoms with Crippen LogP contribution in [0, 0.1) is 0 Å². The Hall–Kier alpha value is -1.64. The van der Waals surface area contributed by atoms with Crippen molar-refractivity contribution in [1.29, 1.82) is 0 Å². The highest BCUT2D eigenvalue weighted by Crippen LogP contribution is 2.24. The number of ketones is 2. The van der Waals surface area contributed by atoms with E-state index in [1.807, 2.05) is 0 Å². The minimum Gasteiger partial charge on any atom is -0.375 e. The SMILES string of the molecule is C=CC1CC2=C(N1)C(=O)C=CC2=O. The second-order valence-electron chi connectivity index (χ2n) is 3.11. The van der Waals surface area contributed by atoms with E-state index in [1.165, 1.54) is 12.2 Å². The van der Waals surface area contributed by atoms with Crippen molar-refractivity contribution in [2.75, 3.05) is 0 Å². The first-order valence-corrected chi connectivity index (χ1v) is 4.11. The van der Waals surface area contributed by atoms with Crippen molar-refractivity contribution in [3.05, 3.63) is 36.1 Å². The molecule has 0 saturated carbocycles. The Labute approximate surface area is 75.8 Å². The molecule has 0 spiro atoms. The van der Waals surface area contributed by atoms with Crippen LogP contribution in [0.3, 0.4) is 0 Å². The summed E-state index contributed by atoms with van der Waals surface area (Å²) < 4.78 is 0. The van der Waals surface area contributed by atoms with Gasteiger partial charge in [-0.1, -0.05) is 6.08 Å². The molecule has 0 radical (unpaired) electrons. The van der Waals surface area contributed by atoms with Crippen molar-refractivity contribution in [3.63, 3.8) is 0 Å². The molecule has 1 aliphatic heterocycles. The van der Waals surface area contributed by atoms with E-state index in [0.717, 1.165) is 0 Å².